The average molecular weight is 451 g/mol. The number of hydrogen-bond donors (Lipinski definition) is 3. The molecule has 3 N–H and O–H groups in total. The van der Waals surface area contributed by atoms with Gasteiger partial charge in [0.05, 0.1) is 41.9 Å². The largest absolute Gasteiger partial charge is 0.492 e. The summed E-state index contributed by atoms with van der Waals surface area (Å²) >= 11 is 0. The van der Waals surface area contributed by atoms with Gasteiger partial charge >= 0.3 is 11.6 Å². The molecule has 33 heavy (non-hydrogen) atoms. The highest BCUT2D eigenvalue weighted by molar-refractivity contribution is 6.04. The lowest BCUT2D eigenvalue weighted by molar-refractivity contribution is -0.909. The van der Waals surface area contributed by atoms with Gasteiger partial charge in [0.25, 0.3) is 0 Å². The Morgan fingerprint density at radius 3 is 2.85 bits per heavy atom. The van der Waals surface area contributed by atoms with E-state index in [9.17, 15) is 15.1 Å². The molecule has 0 bridgehead atoms. The second kappa shape index (κ2) is 9.08. The van der Waals surface area contributed by atoms with Gasteiger partial charge in [0.2, 0.25) is 5.69 Å². The minimum Gasteiger partial charge on any atom is -0.492 e. The smallest absolute Gasteiger partial charge is 0.325 e. The fourth-order valence-corrected chi connectivity index (χ4v) is 4.33. The van der Waals surface area contributed by atoms with Crippen LogP contribution in [-0.2, 0) is 0 Å². The van der Waals surface area contributed by atoms with Gasteiger partial charge in [-0.3, -0.25) is 14.7 Å². The second-order valence-corrected chi connectivity index (χ2v) is 8.56. The van der Waals surface area contributed by atoms with Crippen molar-refractivity contribution in [2.24, 2.45) is 0 Å². The summed E-state index contributed by atoms with van der Waals surface area (Å²) in [6, 6.07) is 10.8. The number of aryl methyl sites for hydroxylation is 1. The van der Waals surface area contributed by atoms with Crippen molar-refractivity contribution in [1.82, 2.24) is 9.78 Å². The fraction of sp³-hybridized carbons (Fsp3) is 0.417. The first-order valence-electron chi connectivity index (χ1n) is 11.1. The van der Waals surface area contributed by atoms with Crippen molar-refractivity contribution < 1.29 is 24.6 Å². The minimum atomic E-state index is -0.906. The summed E-state index contributed by atoms with van der Waals surface area (Å²) in [7, 11) is 0. The number of pyridine rings is 1. The molecule has 0 aliphatic heterocycles. The van der Waals surface area contributed by atoms with Gasteiger partial charge in [0, 0.05) is 41.4 Å². The molecule has 1 amide bonds. The van der Waals surface area contributed by atoms with Crippen LogP contribution in [0.2, 0.25) is 0 Å². The molecule has 1 saturated carbocycles. The Kier molecular flexibility index (Phi) is 6.20. The number of amides is 1. The van der Waals surface area contributed by atoms with Crippen LogP contribution in [0.1, 0.15) is 61.3 Å². The van der Waals surface area contributed by atoms with Gasteiger partial charge in [-0.25, -0.2) is 0 Å². The summed E-state index contributed by atoms with van der Waals surface area (Å²) in [5, 5.41) is 38.0. The predicted octanol–water partition coefficient (Wildman–Crippen LogP) is 3.28. The monoisotopic (exact) mass is 450 g/mol. The van der Waals surface area contributed by atoms with Gasteiger partial charge in [-0.15, -0.1) is 0 Å². The number of ether oxygens (including phenoxy) is 1. The maximum atomic E-state index is 12.8. The molecule has 2 aromatic heterocycles. The molecular weight excluding hydrogens is 422 g/mol. The molecular formula is C24H28N5O4+. The van der Waals surface area contributed by atoms with E-state index in [1.54, 1.807) is 25.1 Å². The first-order valence-corrected chi connectivity index (χ1v) is 11.1. The number of nitrogens with one attached hydrogen (secondary N) is 1. The summed E-state index contributed by atoms with van der Waals surface area (Å²) in [6.07, 6.45) is 4.67. The predicted molar refractivity (Wildman–Crippen MR) is 120 cm³/mol. The molecule has 4 rings (SSSR count). The van der Waals surface area contributed by atoms with Crippen molar-refractivity contribution in [3.8, 4) is 11.8 Å². The fourth-order valence-electron chi connectivity index (χ4n) is 4.33. The number of nitrogens with zero attached hydrogens (tertiary/aromatic N) is 4. The highest BCUT2D eigenvalue weighted by Gasteiger charge is 2.34. The normalized spacial score (nSPS) is 20.4. The van der Waals surface area contributed by atoms with Crippen LogP contribution in [0.5, 0.6) is 5.75 Å². The van der Waals surface area contributed by atoms with Gasteiger partial charge in [-0.05, 0) is 44.7 Å². The molecule has 9 heteroatoms. The third kappa shape index (κ3) is 4.61. The molecule has 2 heterocycles. The number of nitriles is 1. The number of carbonyl (C=O) groups excluding carboxylic acids is 1. The number of aliphatic hydroxyl groups is 1. The van der Waals surface area contributed by atoms with E-state index in [0.29, 0.717) is 36.6 Å². The Morgan fingerprint density at radius 2 is 2.15 bits per heavy atom. The van der Waals surface area contributed by atoms with E-state index >= 15 is 0 Å². The minimum absolute atomic E-state index is 0.111. The molecule has 9 nitrogen and oxygen atoms in total. The third-order valence-corrected chi connectivity index (χ3v) is 6.23. The molecule has 1 aromatic carbocycles. The van der Waals surface area contributed by atoms with Gasteiger partial charge in [0.15, 0.2) is 0 Å². The lowest BCUT2D eigenvalue weighted by atomic mass is 9.80. The Hall–Kier alpha value is -3.64. The van der Waals surface area contributed by atoms with Crippen LogP contribution in [0.4, 0.5) is 5.69 Å². The van der Waals surface area contributed by atoms with Crippen LogP contribution in [-0.4, -0.2) is 38.2 Å². The van der Waals surface area contributed by atoms with E-state index in [1.807, 2.05) is 23.9 Å². The molecule has 0 radical (unpaired) electrons. The zero-order chi connectivity index (χ0) is 23.6. The number of carbonyl (C=O) groups is 1. The molecule has 1 fully saturated rings. The Balaban J connectivity index is 1.60. The van der Waals surface area contributed by atoms with E-state index in [4.69, 9.17) is 15.1 Å². The summed E-state index contributed by atoms with van der Waals surface area (Å²) < 4.78 is 8.50. The first-order chi connectivity index (χ1) is 15.8. The zero-order valence-electron chi connectivity index (χ0n) is 18.8. The topological polar surface area (TPSA) is 124 Å². The van der Waals surface area contributed by atoms with Crippen LogP contribution in [0.3, 0.4) is 0 Å². The summed E-state index contributed by atoms with van der Waals surface area (Å²) in [4.78, 5) is 12.8. The molecule has 0 spiro atoms. The van der Waals surface area contributed by atoms with Crippen LogP contribution in [0.15, 0.2) is 36.5 Å². The standard InChI is InChI=1S/C24H27N5O4/c1-3-33-22-14-19-17(13-20(22)26-23(30)21-6-4-5-16(2)29(21)32)15-28(27-19)18-7-9-24(31,10-8-18)11-12-25/h4-6,13-15,18,31H,3,7-11H2,1-2H3,(H-,26,30,32)/p+1/t18-,24-. The number of fused-ring (bicyclic) bond motifs is 1. The third-order valence-electron chi connectivity index (χ3n) is 6.23. The van der Waals surface area contributed by atoms with Crippen molar-refractivity contribution in [3.05, 3.63) is 47.9 Å². The van der Waals surface area contributed by atoms with Gasteiger partial charge in [-0.1, -0.05) is 0 Å². The molecule has 0 saturated heterocycles. The second-order valence-electron chi connectivity index (χ2n) is 8.56. The SMILES string of the molecule is CCOc1cc2nn([C@H]3CC[C@@](O)(CC#N)CC3)cc2cc1NC(=O)c1cccc(C)[n+]1O. The van der Waals surface area contributed by atoms with Gasteiger partial charge < -0.3 is 15.2 Å². The highest BCUT2D eigenvalue weighted by atomic mass is 16.5. The summed E-state index contributed by atoms with van der Waals surface area (Å²) in [5.41, 5.74) is 0.972. The van der Waals surface area contributed by atoms with Crippen molar-refractivity contribution in [2.75, 3.05) is 11.9 Å². The molecule has 0 unspecified atom stereocenters. The number of hydrogen-bond acceptors (Lipinski definition) is 6. The molecule has 3 aromatic rings. The summed E-state index contributed by atoms with van der Waals surface area (Å²) in [5.74, 6) is 0.0331. The van der Waals surface area contributed by atoms with Crippen molar-refractivity contribution in [2.45, 2.75) is 57.6 Å². The number of aromatic nitrogens is 3. The number of anilines is 1. The maximum absolute atomic E-state index is 12.8. The maximum Gasteiger partial charge on any atom is 0.325 e. The van der Waals surface area contributed by atoms with E-state index in [2.05, 4.69) is 11.4 Å². The van der Waals surface area contributed by atoms with E-state index in [-0.39, 0.29) is 18.2 Å². The number of benzene rings is 1. The van der Waals surface area contributed by atoms with Crippen LogP contribution >= 0.6 is 0 Å². The zero-order valence-corrected chi connectivity index (χ0v) is 18.8. The van der Waals surface area contributed by atoms with E-state index < -0.39 is 11.5 Å². The summed E-state index contributed by atoms with van der Waals surface area (Å²) in [6.45, 7) is 3.98. The van der Waals surface area contributed by atoms with Crippen molar-refractivity contribution in [3.63, 3.8) is 0 Å². The number of rotatable bonds is 6. The lowest BCUT2D eigenvalue weighted by Gasteiger charge is -2.34. The van der Waals surface area contributed by atoms with Crippen molar-refractivity contribution >= 4 is 22.5 Å². The Bertz CT molecular complexity index is 1220. The van der Waals surface area contributed by atoms with Crippen LogP contribution in [0.25, 0.3) is 10.9 Å². The van der Waals surface area contributed by atoms with Gasteiger partial charge in [0.1, 0.15) is 5.75 Å². The highest BCUT2D eigenvalue weighted by Crippen LogP contribution is 2.38. The van der Waals surface area contributed by atoms with E-state index in [1.165, 1.54) is 6.07 Å². The first kappa shape index (κ1) is 22.6. The average Bonchev–Trinajstić information content (AvgIpc) is 3.19. The van der Waals surface area contributed by atoms with Gasteiger partial charge in [-0.2, -0.15) is 10.4 Å². The van der Waals surface area contributed by atoms with Crippen LogP contribution < -0.4 is 14.8 Å². The molecule has 0 atom stereocenters. The lowest BCUT2D eigenvalue weighted by Crippen LogP contribution is -2.42. The van der Waals surface area contributed by atoms with Crippen LogP contribution in [0, 0.1) is 18.3 Å². The van der Waals surface area contributed by atoms with E-state index in [0.717, 1.165) is 28.5 Å². The molecule has 1 aliphatic carbocycles. The quantitative estimate of drug-likeness (QED) is 0.391. The molecule has 1 aliphatic rings. The Labute approximate surface area is 191 Å². The van der Waals surface area contributed by atoms with Crippen molar-refractivity contribution in [1.29, 1.82) is 5.26 Å². The Morgan fingerprint density at radius 1 is 1.39 bits per heavy atom. The molecule has 172 valence electrons.